The SMILES string of the molecule is C=CCOC(=O)c1ccc(NC(=O)c2ccc(NC(=O)c3ccc(NC(=O)[C@H](CC#N)CC(=O)c4ccc([N+](=O)[O-])cc4)cn3)c(OC)c2OCC=C)c(OC)c1OCC=C. The lowest BCUT2D eigenvalue weighted by atomic mass is 9.95. The Morgan fingerprint density at radius 3 is 1.87 bits per heavy atom. The number of nitro groups is 1. The van der Waals surface area contributed by atoms with E-state index in [2.05, 4.69) is 40.7 Å². The van der Waals surface area contributed by atoms with Crippen LogP contribution < -0.4 is 34.9 Å². The van der Waals surface area contributed by atoms with E-state index in [-0.39, 0.29) is 101 Å². The number of nitrogens with one attached hydrogen (secondary N) is 3. The number of nitriles is 1. The van der Waals surface area contributed by atoms with Gasteiger partial charge in [-0.15, -0.1) is 0 Å². The highest BCUT2D eigenvalue weighted by Gasteiger charge is 2.27. The van der Waals surface area contributed by atoms with E-state index in [1.807, 2.05) is 6.07 Å². The van der Waals surface area contributed by atoms with Crippen molar-refractivity contribution in [1.82, 2.24) is 4.98 Å². The number of hydrogen-bond acceptors (Lipinski definition) is 14. The zero-order valence-corrected chi connectivity index (χ0v) is 33.1. The van der Waals surface area contributed by atoms with Crippen molar-refractivity contribution in [2.75, 3.05) is 50.0 Å². The summed E-state index contributed by atoms with van der Waals surface area (Å²) >= 11 is 0. The Morgan fingerprint density at radius 1 is 0.770 bits per heavy atom. The van der Waals surface area contributed by atoms with E-state index in [0.717, 1.165) is 0 Å². The van der Waals surface area contributed by atoms with E-state index in [0.29, 0.717) is 0 Å². The average molecular weight is 833 g/mol. The lowest BCUT2D eigenvalue weighted by Gasteiger charge is -2.20. The number of carbonyl (C=O) groups is 5. The maximum Gasteiger partial charge on any atom is 0.342 e. The number of benzene rings is 3. The maximum atomic E-state index is 13.8. The third-order valence-electron chi connectivity index (χ3n) is 8.42. The number of carbonyl (C=O) groups excluding carboxylic acids is 5. The first-order chi connectivity index (χ1) is 29.4. The summed E-state index contributed by atoms with van der Waals surface area (Å²) in [6, 6.07) is 15.1. The molecular formula is C43H40N6O12. The van der Waals surface area contributed by atoms with Gasteiger partial charge in [-0.05, 0) is 48.5 Å². The Hall–Kier alpha value is -8.33. The molecule has 0 aliphatic rings. The fourth-order valence-electron chi connectivity index (χ4n) is 5.55. The maximum absolute atomic E-state index is 13.8. The molecule has 0 saturated carbocycles. The van der Waals surface area contributed by atoms with Crippen molar-refractivity contribution in [3.63, 3.8) is 0 Å². The van der Waals surface area contributed by atoms with Crippen LogP contribution in [0.2, 0.25) is 0 Å². The molecule has 18 nitrogen and oxygen atoms in total. The molecule has 1 aromatic heterocycles. The number of esters is 1. The molecule has 0 unspecified atom stereocenters. The van der Waals surface area contributed by atoms with E-state index in [9.17, 15) is 39.3 Å². The zero-order chi connectivity index (χ0) is 44.5. The minimum absolute atomic E-state index is 0.00216. The van der Waals surface area contributed by atoms with Gasteiger partial charge in [0.25, 0.3) is 17.5 Å². The number of ketones is 1. The lowest BCUT2D eigenvalue weighted by Crippen LogP contribution is -2.25. The Kier molecular flexibility index (Phi) is 16.4. The fraction of sp³-hybridized carbons (Fsp3) is 0.186. The van der Waals surface area contributed by atoms with Crippen LogP contribution in [-0.2, 0) is 9.53 Å². The number of ether oxygens (including phenoxy) is 5. The molecule has 4 aromatic rings. The minimum Gasteiger partial charge on any atom is -0.491 e. The number of hydrogen-bond donors (Lipinski definition) is 3. The standard InChI is InChI=1S/C43H40N6O12/c1-6-21-59-36-30(41(52)47-32-18-15-31(43(54)61-23-8-3)37(39(32)58-5)60-22-7-2)14-17-33(38(36)57-4)48-42(53)34-16-11-28(25-45-34)46-40(51)27(19-20-44)24-35(50)26-9-12-29(13-10-26)49(55)56/h6-18,25,27H,1-3,19,21-24H2,4-5H3,(H,46,51)(H,47,52)(H,48,53)/t27-/m1/s1. The number of pyridine rings is 1. The van der Waals surface area contributed by atoms with Gasteiger partial charge >= 0.3 is 5.97 Å². The van der Waals surface area contributed by atoms with Crippen molar-refractivity contribution in [2.24, 2.45) is 5.92 Å². The van der Waals surface area contributed by atoms with Crippen molar-refractivity contribution in [2.45, 2.75) is 12.8 Å². The van der Waals surface area contributed by atoms with E-state index in [1.165, 1.54) is 99.3 Å². The van der Waals surface area contributed by atoms with Crippen molar-refractivity contribution in [3.05, 3.63) is 137 Å². The van der Waals surface area contributed by atoms with Gasteiger partial charge in [0.1, 0.15) is 31.1 Å². The van der Waals surface area contributed by atoms with Gasteiger partial charge in [0.15, 0.2) is 28.8 Å². The average Bonchev–Trinajstić information content (AvgIpc) is 3.26. The summed E-state index contributed by atoms with van der Waals surface area (Å²) in [4.78, 5) is 80.4. The van der Waals surface area contributed by atoms with E-state index in [4.69, 9.17) is 23.7 Å². The zero-order valence-electron chi connectivity index (χ0n) is 33.1. The summed E-state index contributed by atoms with van der Waals surface area (Å²) in [7, 11) is 2.63. The van der Waals surface area contributed by atoms with E-state index < -0.39 is 40.3 Å². The smallest absolute Gasteiger partial charge is 0.342 e. The summed E-state index contributed by atoms with van der Waals surface area (Å²) in [5.74, 6) is -4.40. The van der Waals surface area contributed by atoms with Gasteiger partial charge < -0.3 is 39.6 Å². The van der Waals surface area contributed by atoms with E-state index in [1.54, 1.807) is 0 Å². The molecule has 314 valence electrons. The predicted octanol–water partition coefficient (Wildman–Crippen LogP) is 6.73. The van der Waals surface area contributed by atoms with Gasteiger partial charge in [-0.2, -0.15) is 5.26 Å². The number of non-ortho nitro benzene ring substituents is 1. The molecule has 18 heteroatoms. The van der Waals surface area contributed by atoms with Gasteiger partial charge in [0, 0.05) is 30.5 Å². The van der Waals surface area contributed by atoms with Gasteiger partial charge in [-0.25, -0.2) is 9.78 Å². The van der Waals surface area contributed by atoms with E-state index >= 15 is 0 Å². The number of anilines is 3. The van der Waals surface area contributed by atoms with Crippen LogP contribution in [0.5, 0.6) is 23.0 Å². The monoisotopic (exact) mass is 832 g/mol. The van der Waals surface area contributed by atoms with Gasteiger partial charge in [0.2, 0.25) is 5.91 Å². The third kappa shape index (κ3) is 11.6. The van der Waals surface area contributed by atoms with Crippen LogP contribution in [0.3, 0.4) is 0 Å². The Labute approximate surface area is 349 Å². The number of amides is 3. The Morgan fingerprint density at radius 2 is 1.34 bits per heavy atom. The number of methoxy groups -OCH3 is 2. The molecule has 4 rings (SSSR count). The molecule has 0 aliphatic carbocycles. The topological polar surface area (TPSA) is 247 Å². The first kappa shape index (κ1) is 45.4. The molecule has 1 atom stereocenters. The lowest BCUT2D eigenvalue weighted by molar-refractivity contribution is -0.384. The largest absolute Gasteiger partial charge is 0.491 e. The second-order valence-electron chi connectivity index (χ2n) is 12.5. The molecule has 3 N–H and O–H groups in total. The minimum atomic E-state index is -1.06. The first-order valence-corrected chi connectivity index (χ1v) is 18.1. The van der Waals surface area contributed by atoms with Crippen molar-refractivity contribution in [3.8, 4) is 29.1 Å². The molecule has 3 amide bonds. The summed E-state index contributed by atoms with van der Waals surface area (Å²) in [5, 5.41) is 28.2. The molecule has 0 aliphatic heterocycles. The molecule has 3 aromatic carbocycles. The molecule has 0 spiro atoms. The highest BCUT2D eigenvalue weighted by molar-refractivity contribution is 6.10. The number of aromatic nitrogens is 1. The van der Waals surface area contributed by atoms with Crippen LogP contribution in [-0.4, -0.2) is 73.4 Å². The normalized spacial score (nSPS) is 10.7. The predicted molar refractivity (Wildman–Crippen MR) is 222 cm³/mol. The fourth-order valence-corrected chi connectivity index (χ4v) is 5.55. The van der Waals surface area contributed by atoms with Crippen LogP contribution >= 0.6 is 0 Å². The molecule has 0 fully saturated rings. The second kappa shape index (κ2) is 22.0. The summed E-state index contributed by atoms with van der Waals surface area (Å²) < 4.78 is 27.9. The Balaban J connectivity index is 1.53. The summed E-state index contributed by atoms with van der Waals surface area (Å²) in [6.45, 7) is 10.7. The highest BCUT2D eigenvalue weighted by Crippen LogP contribution is 2.42. The van der Waals surface area contributed by atoms with Gasteiger partial charge in [-0.3, -0.25) is 29.3 Å². The highest BCUT2D eigenvalue weighted by atomic mass is 16.6. The van der Waals surface area contributed by atoms with Gasteiger partial charge in [0.05, 0.1) is 60.0 Å². The first-order valence-electron chi connectivity index (χ1n) is 18.1. The number of rotatable bonds is 22. The second-order valence-corrected chi connectivity index (χ2v) is 12.5. The molecule has 1 heterocycles. The number of Topliss-reactive ketones (excluding diaryl/α,β-unsaturated/α-hetero) is 1. The molecule has 61 heavy (non-hydrogen) atoms. The van der Waals surface area contributed by atoms with Crippen molar-refractivity contribution < 1.29 is 52.6 Å². The molecule has 0 radical (unpaired) electrons. The van der Waals surface area contributed by atoms with Crippen LogP contribution in [0, 0.1) is 27.4 Å². The number of nitrogens with zero attached hydrogens (tertiary/aromatic N) is 3. The van der Waals surface area contributed by atoms with Crippen LogP contribution in [0.15, 0.2) is 105 Å². The van der Waals surface area contributed by atoms with Crippen molar-refractivity contribution >= 4 is 52.2 Å². The quantitative estimate of drug-likeness (QED) is 0.0244. The number of nitro benzene ring substituents is 1. The third-order valence-corrected chi connectivity index (χ3v) is 8.42. The van der Waals surface area contributed by atoms with Crippen LogP contribution in [0.1, 0.15) is 54.4 Å². The van der Waals surface area contributed by atoms with Crippen LogP contribution in [0.4, 0.5) is 22.7 Å². The summed E-state index contributed by atoms with van der Waals surface area (Å²) in [6.07, 6.45) is 4.88. The van der Waals surface area contributed by atoms with Crippen LogP contribution in [0.25, 0.3) is 0 Å². The van der Waals surface area contributed by atoms with Gasteiger partial charge in [-0.1, -0.05) is 38.0 Å². The summed E-state index contributed by atoms with van der Waals surface area (Å²) in [5.41, 5.74) is 0.243. The van der Waals surface area contributed by atoms with Crippen molar-refractivity contribution in [1.29, 1.82) is 5.26 Å². The molecular weight excluding hydrogens is 793 g/mol. The Bertz CT molecular complexity index is 2370. The molecule has 0 bridgehead atoms. The molecule has 0 saturated heterocycles.